The third kappa shape index (κ3) is 3.49. The average Bonchev–Trinajstić information content (AvgIpc) is 2.24. The fraction of sp³-hybridized carbons (Fsp3) is 0.364. The maximum absolute atomic E-state index is 9.03. The van der Waals surface area contributed by atoms with Crippen molar-refractivity contribution >= 4 is 27.5 Å². The molecule has 0 radical (unpaired) electrons. The van der Waals surface area contributed by atoms with Crippen LogP contribution >= 0.6 is 27.5 Å². The highest BCUT2D eigenvalue weighted by Crippen LogP contribution is 2.26. The molecule has 0 aliphatic heterocycles. The molecular formula is C11H12BrClN2. The lowest BCUT2D eigenvalue weighted by Gasteiger charge is -2.12. The van der Waals surface area contributed by atoms with Crippen molar-refractivity contribution < 1.29 is 0 Å². The van der Waals surface area contributed by atoms with Crippen LogP contribution in [0.1, 0.15) is 24.9 Å². The zero-order valence-corrected chi connectivity index (χ0v) is 10.8. The number of benzene rings is 1. The maximum atomic E-state index is 9.03. The van der Waals surface area contributed by atoms with Crippen LogP contribution < -0.4 is 5.32 Å². The lowest BCUT2D eigenvalue weighted by Crippen LogP contribution is -2.20. The highest BCUT2D eigenvalue weighted by Gasteiger charge is 2.13. The van der Waals surface area contributed by atoms with E-state index in [1.165, 1.54) is 0 Å². The quantitative estimate of drug-likeness (QED) is 0.917. The van der Waals surface area contributed by atoms with Crippen LogP contribution in [-0.2, 0) is 0 Å². The van der Waals surface area contributed by atoms with Gasteiger partial charge in [0.25, 0.3) is 0 Å². The maximum Gasteiger partial charge on any atom is 0.122 e. The summed E-state index contributed by atoms with van der Waals surface area (Å²) in [7, 11) is 0. The summed E-state index contributed by atoms with van der Waals surface area (Å²) in [4.78, 5) is 0. The summed E-state index contributed by atoms with van der Waals surface area (Å²) in [5.41, 5.74) is 0.821. The number of nitrogens with one attached hydrogen (secondary N) is 1. The van der Waals surface area contributed by atoms with Gasteiger partial charge in [0, 0.05) is 15.1 Å². The fourth-order valence-corrected chi connectivity index (χ4v) is 1.86. The molecule has 0 saturated heterocycles. The van der Waals surface area contributed by atoms with Gasteiger partial charge in [0.05, 0.1) is 6.07 Å². The summed E-state index contributed by atoms with van der Waals surface area (Å²) >= 11 is 9.40. The first kappa shape index (κ1) is 12.5. The predicted molar refractivity (Wildman–Crippen MR) is 65.8 cm³/mol. The van der Waals surface area contributed by atoms with Crippen molar-refractivity contribution in [1.29, 1.82) is 5.26 Å². The van der Waals surface area contributed by atoms with Gasteiger partial charge in [-0.15, -0.1) is 0 Å². The molecule has 1 unspecified atom stereocenters. The van der Waals surface area contributed by atoms with E-state index in [4.69, 9.17) is 16.9 Å². The predicted octanol–water partition coefficient (Wildman–Crippen LogP) is 3.67. The van der Waals surface area contributed by atoms with Crippen molar-refractivity contribution in [2.24, 2.45) is 0 Å². The van der Waals surface area contributed by atoms with Gasteiger partial charge in [0.2, 0.25) is 0 Å². The first-order valence-electron chi connectivity index (χ1n) is 4.77. The van der Waals surface area contributed by atoms with Crippen LogP contribution in [0, 0.1) is 11.3 Å². The normalized spacial score (nSPS) is 12.1. The van der Waals surface area contributed by atoms with Crippen LogP contribution in [0.2, 0.25) is 5.02 Å². The SMILES string of the molecule is CCCNC(C#N)c1cc(Br)ccc1Cl. The van der Waals surface area contributed by atoms with Crippen LogP contribution in [0.5, 0.6) is 0 Å². The van der Waals surface area contributed by atoms with E-state index in [0.29, 0.717) is 5.02 Å². The van der Waals surface area contributed by atoms with E-state index >= 15 is 0 Å². The van der Waals surface area contributed by atoms with E-state index < -0.39 is 0 Å². The van der Waals surface area contributed by atoms with Crippen LogP contribution in [-0.4, -0.2) is 6.54 Å². The molecule has 1 rings (SSSR count). The Morgan fingerprint density at radius 2 is 2.33 bits per heavy atom. The summed E-state index contributed by atoms with van der Waals surface area (Å²) in [5, 5.41) is 12.8. The van der Waals surface area contributed by atoms with E-state index in [1.807, 2.05) is 12.1 Å². The summed E-state index contributed by atoms with van der Waals surface area (Å²) in [6.45, 7) is 2.87. The molecule has 80 valence electrons. The molecule has 15 heavy (non-hydrogen) atoms. The molecule has 1 atom stereocenters. The van der Waals surface area contributed by atoms with Gasteiger partial charge in [0.1, 0.15) is 6.04 Å². The minimum Gasteiger partial charge on any atom is -0.298 e. The fourth-order valence-electron chi connectivity index (χ4n) is 1.25. The minimum atomic E-state index is -0.338. The molecule has 0 fully saturated rings. The number of nitrogens with zero attached hydrogens (tertiary/aromatic N) is 1. The zero-order valence-electron chi connectivity index (χ0n) is 8.43. The van der Waals surface area contributed by atoms with Gasteiger partial charge >= 0.3 is 0 Å². The molecule has 1 aromatic carbocycles. The van der Waals surface area contributed by atoms with Crippen molar-refractivity contribution in [3.8, 4) is 6.07 Å². The monoisotopic (exact) mass is 286 g/mol. The summed E-state index contributed by atoms with van der Waals surface area (Å²) in [6, 6.07) is 7.39. The molecule has 1 N–H and O–H groups in total. The number of hydrogen-bond acceptors (Lipinski definition) is 2. The average molecular weight is 288 g/mol. The van der Waals surface area contributed by atoms with Crippen LogP contribution in [0.15, 0.2) is 22.7 Å². The topological polar surface area (TPSA) is 35.8 Å². The Morgan fingerprint density at radius 3 is 2.93 bits per heavy atom. The van der Waals surface area contributed by atoms with Crippen molar-refractivity contribution in [2.45, 2.75) is 19.4 Å². The summed E-state index contributed by atoms with van der Waals surface area (Å²) in [5.74, 6) is 0. The third-order valence-electron chi connectivity index (χ3n) is 2.00. The number of nitriles is 1. The van der Waals surface area contributed by atoms with Crippen molar-refractivity contribution in [3.63, 3.8) is 0 Å². The lowest BCUT2D eigenvalue weighted by molar-refractivity contribution is 0.621. The molecule has 1 aromatic rings. The van der Waals surface area contributed by atoms with Gasteiger partial charge in [-0.05, 0) is 31.2 Å². The number of halogens is 2. The summed E-state index contributed by atoms with van der Waals surface area (Å²) in [6.07, 6.45) is 0.990. The molecule has 0 heterocycles. The van der Waals surface area contributed by atoms with Crippen LogP contribution in [0.4, 0.5) is 0 Å². The summed E-state index contributed by atoms with van der Waals surface area (Å²) < 4.78 is 0.931. The van der Waals surface area contributed by atoms with E-state index in [1.54, 1.807) is 6.07 Å². The number of rotatable bonds is 4. The van der Waals surface area contributed by atoms with Gasteiger partial charge < -0.3 is 0 Å². The zero-order chi connectivity index (χ0) is 11.3. The molecule has 4 heteroatoms. The minimum absolute atomic E-state index is 0.338. The number of hydrogen-bond donors (Lipinski definition) is 1. The van der Waals surface area contributed by atoms with Gasteiger partial charge in [-0.2, -0.15) is 5.26 Å². The van der Waals surface area contributed by atoms with Gasteiger partial charge in [0.15, 0.2) is 0 Å². The first-order chi connectivity index (χ1) is 7.19. The standard InChI is InChI=1S/C11H12BrClN2/c1-2-5-15-11(7-14)9-6-8(12)3-4-10(9)13/h3-4,6,11,15H,2,5H2,1H3. The highest BCUT2D eigenvalue weighted by atomic mass is 79.9. The third-order valence-corrected chi connectivity index (χ3v) is 2.83. The smallest absolute Gasteiger partial charge is 0.122 e. The van der Waals surface area contributed by atoms with Crippen molar-refractivity contribution in [2.75, 3.05) is 6.54 Å². The van der Waals surface area contributed by atoms with E-state index in [-0.39, 0.29) is 6.04 Å². The molecule has 0 aliphatic rings. The van der Waals surface area contributed by atoms with E-state index in [0.717, 1.165) is 23.0 Å². The Bertz CT molecular complexity index is 373. The second-order valence-electron chi connectivity index (χ2n) is 3.18. The molecular weight excluding hydrogens is 275 g/mol. The highest BCUT2D eigenvalue weighted by molar-refractivity contribution is 9.10. The Labute approximate surface area is 103 Å². The van der Waals surface area contributed by atoms with Gasteiger partial charge in [-0.1, -0.05) is 34.5 Å². The Hall–Kier alpha value is -0.560. The lowest BCUT2D eigenvalue weighted by atomic mass is 10.1. The molecule has 0 saturated carbocycles. The molecule has 0 aromatic heterocycles. The molecule has 0 spiro atoms. The van der Waals surface area contributed by atoms with Crippen molar-refractivity contribution in [1.82, 2.24) is 5.32 Å². The van der Waals surface area contributed by atoms with E-state index in [9.17, 15) is 0 Å². The van der Waals surface area contributed by atoms with Crippen LogP contribution in [0.25, 0.3) is 0 Å². The second-order valence-corrected chi connectivity index (χ2v) is 4.50. The molecule has 0 amide bonds. The molecule has 2 nitrogen and oxygen atoms in total. The Balaban J connectivity index is 2.91. The van der Waals surface area contributed by atoms with E-state index in [2.05, 4.69) is 34.2 Å². The van der Waals surface area contributed by atoms with Gasteiger partial charge in [-0.3, -0.25) is 5.32 Å². The van der Waals surface area contributed by atoms with Crippen molar-refractivity contribution in [3.05, 3.63) is 33.3 Å². The van der Waals surface area contributed by atoms with Crippen LogP contribution in [0.3, 0.4) is 0 Å². The second kappa shape index (κ2) is 6.12. The molecule has 0 bridgehead atoms. The van der Waals surface area contributed by atoms with Gasteiger partial charge in [-0.25, -0.2) is 0 Å². The first-order valence-corrected chi connectivity index (χ1v) is 5.94. The Kier molecular flexibility index (Phi) is 5.10. The largest absolute Gasteiger partial charge is 0.298 e. The molecule has 0 aliphatic carbocycles. The Morgan fingerprint density at radius 1 is 1.60 bits per heavy atom.